The van der Waals surface area contributed by atoms with Gasteiger partial charge in [0.2, 0.25) is 0 Å². The number of aryl methyl sites for hydroxylation is 2. The van der Waals surface area contributed by atoms with Crippen molar-refractivity contribution in [2.75, 3.05) is 6.61 Å². The average Bonchev–Trinajstić information content (AvgIpc) is 3.49. The Morgan fingerprint density at radius 2 is 2.06 bits per heavy atom. The summed E-state index contributed by atoms with van der Waals surface area (Å²) in [7, 11) is 0. The van der Waals surface area contributed by atoms with Gasteiger partial charge in [-0.3, -0.25) is 9.59 Å². The summed E-state index contributed by atoms with van der Waals surface area (Å²) in [5.41, 5.74) is 4.16. The summed E-state index contributed by atoms with van der Waals surface area (Å²) in [6, 6.07) is 7.61. The largest absolute Gasteiger partial charge is 0.461 e. The number of pyridine rings is 1. The zero-order valence-corrected chi connectivity index (χ0v) is 21.5. The Kier molecular flexibility index (Phi) is 8.59. The second-order valence-electron chi connectivity index (χ2n) is 10.3. The molecule has 0 unspecified atom stereocenters. The van der Waals surface area contributed by atoms with Gasteiger partial charge < -0.3 is 24.7 Å². The van der Waals surface area contributed by atoms with Gasteiger partial charge in [0.15, 0.2) is 0 Å². The molecule has 1 atom stereocenters. The predicted octanol–water partition coefficient (Wildman–Crippen LogP) is 4.07. The summed E-state index contributed by atoms with van der Waals surface area (Å²) in [6.07, 6.45) is 7.25. The van der Waals surface area contributed by atoms with Gasteiger partial charge in [0.25, 0.3) is 5.56 Å². The van der Waals surface area contributed by atoms with E-state index in [1.54, 1.807) is 13.1 Å². The molecule has 1 aliphatic rings. The molecule has 36 heavy (non-hydrogen) atoms. The van der Waals surface area contributed by atoms with Crippen molar-refractivity contribution >= 4 is 17.0 Å². The fourth-order valence-corrected chi connectivity index (χ4v) is 4.92. The molecule has 2 aromatic heterocycles. The SMILES string of the molecule is Cc1cc(-c2nc3cc(CN[C@@H](CC(C)C)C(=O)OC4CCCC4)ccc3n2CCCO)c[nH]c1=O. The number of benzene rings is 1. The van der Waals surface area contributed by atoms with Crippen LogP contribution in [0.5, 0.6) is 0 Å². The number of imidazole rings is 1. The van der Waals surface area contributed by atoms with Gasteiger partial charge >= 0.3 is 5.97 Å². The first-order chi connectivity index (χ1) is 17.4. The van der Waals surface area contributed by atoms with Crippen LogP contribution in [-0.4, -0.2) is 44.4 Å². The molecule has 0 amide bonds. The molecular formula is C28H38N4O4. The van der Waals surface area contributed by atoms with Crippen LogP contribution in [0.1, 0.15) is 63.5 Å². The molecule has 1 fully saturated rings. The number of H-pyrrole nitrogens is 1. The first-order valence-corrected chi connectivity index (χ1v) is 13.1. The van der Waals surface area contributed by atoms with Crippen LogP contribution in [0.2, 0.25) is 0 Å². The molecule has 0 radical (unpaired) electrons. The number of rotatable bonds is 11. The number of aromatic amines is 1. The fraction of sp³-hybridized carbons (Fsp3) is 0.536. The van der Waals surface area contributed by atoms with Gasteiger partial charge in [0, 0.05) is 37.0 Å². The lowest BCUT2D eigenvalue weighted by Gasteiger charge is -2.22. The highest BCUT2D eigenvalue weighted by atomic mass is 16.5. The van der Waals surface area contributed by atoms with Crippen molar-refractivity contribution in [3.8, 4) is 11.4 Å². The summed E-state index contributed by atoms with van der Waals surface area (Å²) in [5, 5.41) is 12.8. The molecule has 8 nitrogen and oxygen atoms in total. The van der Waals surface area contributed by atoms with Gasteiger partial charge in [-0.05, 0) is 75.1 Å². The van der Waals surface area contributed by atoms with Crippen molar-refractivity contribution in [2.24, 2.45) is 5.92 Å². The lowest BCUT2D eigenvalue weighted by atomic mass is 10.0. The van der Waals surface area contributed by atoms with E-state index in [4.69, 9.17) is 9.72 Å². The lowest BCUT2D eigenvalue weighted by molar-refractivity contribution is -0.151. The summed E-state index contributed by atoms with van der Waals surface area (Å²) >= 11 is 0. The van der Waals surface area contributed by atoms with Crippen LogP contribution in [0, 0.1) is 12.8 Å². The third kappa shape index (κ3) is 6.23. The van der Waals surface area contributed by atoms with Crippen molar-refractivity contribution < 1.29 is 14.6 Å². The number of aromatic nitrogens is 3. The number of hydrogen-bond acceptors (Lipinski definition) is 6. The standard InChI is InChI=1S/C28H38N4O4/c1-18(2)13-24(28(35)36-22-7-4-5-8-22)29-16-20-9-10-25-23(15-20)31-26(32(25)11-6-12-33)21-14-19(3)27(34)30-17-21/h9-10,14-15,17-18,22,24,29,33H,4-8,11-13,16H2,1-3H3,(H,30,34)/t24-/m0/s1. The number of aliphatic hydroxyl groups excluding tert-OH is 1. The lowest BCUT2D eigenvalue weighted by Crippen LogP contribution is -2.40. The average molecular weight is 495 g/mol. The summed E-state index contributed by atoms with van der Waals surface area (Å²) in [6.45, 7) is 7.23. The second kappa shape index (κ2) is 11.8. The third-order valence-electron chi connectivity index (χ3n) is 6.83. The maximum absolute atomic E-state index is 12.9. The van der Waals surface area contributed by atoms with Crippen LogP contribution in [-0.2, 0) is 22.6 Å². The Labute approximate surface area is 212 Å². The van der Waals surface area contributed by atoms with E-state index in [1.807, 2.05) is 24.3 Å². The van der Waals surface area contributed by atoms with Gasteiger partial charge in [-0.15, -0.1) is 0 Å². The van der Waals surface area contributed by atoms with E-state index in [0.717, 1.165) is 60.1 Å². The number of esters is 1. The first-order valence-electron chi connectivity index (χ1n) is 13.1. The van der Waals surface area contributed by atoms with E-state index >= 15 is 0 Å². The van der Waals surface area contributed by atoms with Crippen LogP contribution in [0.15, 0.2) is 35.3 Å². The van der Waals surface area contributed by atoms with E-state index in [0.29, 0.717) is 31.0 Å². The van der Waals surface area contributed by atoms with Crippen LogP contribution in [0.25, 0.3) is 22.4 Å². The molecule has 8 heteroatoms. The van der Waals surface area contributed by atoms with Crippen LogP contribution in [0.4, 0.5) is 0 Å². The maximum atomic E-state index is 12.9. The molecule has 0 spiro atoms. The van der Waals surface area contributed by atoms with E-state index in [2.05, 4.69) is 28.7 Å². The van der Waals surface area contributed by atoms with Crippen LogP contribution < -0.4 is 10.9 Å². The molecule has 1 aromatic carbocycles. The smallest absolute Gasteiger partial charge is 0.323 e. The molecule has 4 rings (SSSR count). The molecule has 194 valence electrons. The Hall–Kier alpha value is -2.97. The van der Waals surface area contributed by atoms with E-state index in [-0.39, 0.29) is 30.3 Å². The number of fused-ring (bicyclic) bond motifs is 1. The fourth-order valence-electron chi connectivity index (χ4n) is 4.92. The van der Waals surface area contributed by atoms with Crippen molar-refractivity contribution in [3.05, 3.63) is 51.9 Å². The minimum Gasteiger partial charge on any atom is -0.461 e. The molecule has 1 saturated carbocycles. The van der Waals surface area contributed by atoms with Crippen molar-refractivity contribution in [2.45, 2.75) is 84.5 Å². The first kappa shape index (κ1) is 26.1. The van der Waals surface area contributed by atoms with Gasteiger partial charge in [0.1, 0.15) is 18.0 Å². The molecule has 3 N–H and O–H groups in total. The van der Waals surface area contributed by atoms with Crippen LogP contribution in [0.3, 0.4) is 0 Å². The van der Waals surface area contributed by atoms with E-state index in [1.165, 1.54) is 0 Å². The van der Waals surface area contributed by atoms with Gasteiger partial charge in [0.05, 0.1) is 11.0 Å². The quantitative estimate of drug-likeness (QED) is 0.347. The number of nitrogens with zero attached hydrogens (tertiary/aromatic N) is 2. The van der Waals surface area contributed by atoms with Gasteiger partial charge in [-0.25, -0.2) is 4.98 Å². The number of carbonyl (C=O) groups excluding carboxylic acids is 1. The molecule has 2 heterocycles. The Balaban J connectivity index is 1.56. The predicted molar refractivity (Wildman–Crippen MR) is 141 cm³/mol. The summed E-state index contributed by atoms with van der Waals surface area (Å²) in [4.78, 5) is 32.4. The summed E-state index contributed by atoms with van der Waals surface area (Å²) < 4.78 is 7.87. The van der Waals surface area contributed by atoms with Crippen molar-refractivity contribution in [3.63, 3.8) is 0 Å². The number of aliphatic hydroxyl groups is 1. The maximum Gasteiger partial charge on any atom is 0.323 e. The minimum absolute atomic E-state index is 0.0585. The summed E-state index contributed by atoms with van der Waals surface area (Å²) in [5.74, 6) is 0.966. The molecular weight excluding hydrogens is 456 g/mol. The molecule has 0 saturated heterocycles. The minimum atomic E-state index is -0.344. The number of carbonyl (C=O) groups is 1. The van der Waals surface area contributed by atoms with Crippen molar-refractivity contribution in [1.29, 1.82) is 0 Å². The molecule has 1 aliphatic carbocycles. The number of nitrogens with one attached hydrogen (secondary N) is 2. The topological polar surface area (TPSA) is 109 Å². The second-order valence-corrected chi connectivity index (χ2v) is 10.3. The van der Waals surface area contributed by atoms with E-state index < -0.39 is 0 Å². The highest BCUT2D eigenvalue weighted by Gasteiger charge is 2.26. The highest BCUT2D eigenvalue weighted by molar-refractivity contribution is 5.81. The van der Waals surface area contributed by atoms with E-state index in [9.17, 15) is 14.7 Å². The third-order valence-corrected chi connectivity index (χ3v) is 6.83. The van der Waals surface area contributed by atoms with Crippen molar-refractivity contribution in [1.82, 2.24) is 19.9 Å². The zero-order valence-electron chi connectivity index (χ0n) is 21.5. The zero-order chi connectivity index (χ0) is 25.7. The Morgan fingerprint density at radius 3 is 2.75 bits per heavy atom. The molecule has 3 aromatic rings. The number of hydrogen-bond donors (Lipinski definition) is 3. The Morgan fingerprint density at radius 1 is 1.28 bits per heavy atom. The van der Waals surface area contributed by atoms with Gasteiger partial charge in [-0.2, -0.15) is 0 Å². The number of ether oxygens (including phenoxy) is 1. The van der Waals surface area contributed by atoms with Crippen LogP contribution >= 0.6 is 0 Å². The normalized spacial score (nSPS) is 15.1. The highest BCUT2D eigenvalue weighted by Crippen LogP contribution is 2.26. The van der Waals surface area contributed by atoms with Gasteiger partial charge in [-0.1, -0.05) is 19.9 Å². The molecule has 0 bridgehead atoms. The monoisotopic (exact) mass is 494 g/mol. The Bertz CT molecular complexity index is 1240. The molecule has 0 aliphatic heterocycles.